The number of nitrogens with zero attached hydrogens (tertiary/aromatic N) is 2. The molecule has 0 spiro atoms. The summed E-state index contributed by atoms with van der Waals surface area (Å²) in [5.41, 5.74) is 5.72. The van der Waals surface area contributed by atoms with Gasteiger partial charge >= 0.3 is 0 Å². The lowest BCUT2D eigenvalue weighted by molar-refractivity contribution is 0.464. The van der Waals surface area contributed by atoms with E-state index in [-0.39, 0.29) is 0 Å². The van der Waals surface area contributed by atoms with E-state index in [1.165, 1.54) is 23.4 Å². The summed E-state index contributed by atoms with van der Waals surface area (Å²) in [4.78, 5) is 4.26. The first kappa shape index (κ1) is 12.6. The van der Waals surface area contributed by atoms with Gasteiger partial charge in [0.2, 0.25) is 10.0 Å². The zero-order chi connectivity index (χ0) is 12.5. The van der Waals surface area contributed by atoms with E-state index in [4.69, 9.17) is 5.73 Å². The van der Waals surface area contributed by atoms with Crippen molar-refractivity contribution in [2.24, 2.45) is 16.6 Å². The van der Waals surface area contributed by atoms with Crippen LogP contribution in [0.2, 0.25) is 0 Å². The van der Waals surface area contributed by atoms with Crippen LogP contribution in [0.1, 0.15) is 19.3 Å². The smallest absolute Gasteiger partial charge is 0.211 e. The lowest BCUT2D eigenvalue weighted by Crippen LogP contribution is -2.34. The zero-order valence-electron chi connectivity index (χ0n) is 10.1. The minimum Gasteiger partial charge on any atom is -0.370 e. The first-order valence-corrected chi connectivity index (χ1v) is 7.81. The van der Waals surface area contributed by atoms with Crippen molar-refractivity contribution in [1.82, 2.24) is 9.62 Å². The van der Waals surface area contributed by atoms with Gasteiger partial charge in [-0.1, -0.05) is 0 Å². The summed E-state index contributed by atoms with van der Waals surface area (Å²) in [5, 5.41) is 3.12. The highest BCUT2D eigenvalue weighted by Gasteiger charge is 2.28. The molecule has 0 radical (unpaired) electrons. The maximum absolute atomic E-state index is 11.3. The van der Waals surface area contributed by atoms with Gasteiger partial charge in [0.15, 0.2) is 5.96 Å². The predicted octanol–water partition coefficient (Wildman–Crippen LogP) is -0.665. The molecule has 7 heteroatoms. The molecule has 2 fully saturated rings. The molecule has 1 unspecified atom stereocenters. The van der Waals surface area contributed by atoms with E-state index < -0.39 is 10.0 Å². The predicted molar refractivity (Wildman–Crippen MR) is 67.2 cm³/mol. The largest absolute Gasteiger partial charge is 0.370 e. The fourth-order valence-corrected chi connectivity index (χ4v) is 2.88. The first-order valence-electron chi connectivity index (χ1n) is 5.97. The third kappa shape index (κ3) is 3.85. The quantitative estimate of drug-likeness (QED) is 0.518. The summed E-state index contributed by atoms with van der Waals surface area (Å²) < 4.78 is 24.2. The van der Waals surface area contributed by atoms with E-state index in [0.29, 0.717) is 37.6 Å². The Hall–Kier alpha value is -0.820. The number of rotatable bonds is 4. The van der Waals surface area contributed by atoms with Crippen molar-refractivity contribution in [2.75, 3.05) is 25.9 Å². The molecule has 3 N–H and O–H groups in total. The second kappa shape index (κ2) is 4.81. The number of guanidine groups is 1. The van der Waals surface area contributed by atoms with Crippen molar-refractivity contribution in [3.05, 3.63) is 0 Å². The Bertz CT molecular complexity index is 403. The van der Waals surface area contributed by atoms with Crippen LogP contribution in [-0.4, -0.2) is 50.6 Å². The van der Waals surface area contributed by atoms with Crippen molar-refractivity contribution < 1.29 is 8.42 Å². The number of aliphatic imine (C=N–C) groups is 1. The molecule has 1 saturated heterocycles. The van der Waals surface area contributed by atoms with Gasteiger partial charge < -0.3 is 11.1 Å². The molecular weight excluding hydrogens is 240 g/mol. The highest BCUT2D eigenvalue weighted by molar-refractivity contribution is 7.88. The Labute approximate surface area is 102 Å². The summed E-state index contributed by atoms with van der Waals surface area (Å²) in [5.74, 6) is 0.787. The molecule has 0 aromatic carbocycles. The molecule has 2 rings (SSSR count). The molecule has 1 saturated carbocycles. The summed E-state index contributed by atoms with van der Waals surface area (Å²) in [7, 11) is -3.05. The molecule has 6 nitrogen and oxygen atoms in total. The van der Waals surface area contributed by atoms with Crippen molar-refractivity contribution in [1.29, 1.82) is 0 Å². The second-order valence-corrected chi connectivity index (χ2v) is 6.90. The fraction of sp³-hybridized carbons (Fsp3) is 0.900. The SMILES string of the molecule is CS(=O)(=O)N1CCC(CN=C(N)NC2CC2)C1. The van der Waals surface area contributed by atoms with Gasteiger partial charge in [0.25, 0.3) is 0 Å². The highest BCUT2D eigenvalue weighted by atomic mass is 32.2. The van der Waals surface area contributed by atoms with Gasteiger partial charge in [-0.25, -0.2) is 12.7 Å². The van der Waals surface area contributed by atoms with Crippen LogP contribution in [0.25, 0.3) is 0 Å². The topological polar surface area (TPSA) is 87.8 Å². The lowest BCUT2D eigenvalue weighted by Gasteiger charge is -2.12. The van der Waals surface area contributed by atoms with Gasteiger partial charge in [0.05, 0.1) is 6.26 Å². The molecule has 2 aliphatic rings. The van der Waals surface area contributed by atoms with E-state index >= 15 is 0 Å². The van der Waals surface area contributed by atoms with Crippen LogP contribution < -0.4 is 11.1 Å². The average molecular weight is 260 g/mol. The Morgan fingerprint density at radius 3 is 2.71 bits per heavy atom. The maximum atomic E-state index is 11.3. The molecule has 17 heavy (non-hydrogen) atoms. The van der Waals surface area contributed by atoms with Crippen molar-refractivity contribution >= 4 is 16.0 Å². The van der Waals surface area contributed by atoms with E-state index in [1.807, 2.05) is 0 Å². The van der Waals surface area contributed by atoms with Gasteiger partial charge in [-0.05, 0) is 25.2 Å². The maximum Gasteiger partial charge on any atom is 0.211 e. The van der Waals surface area contributed by atoms with Crippen molar-refractivity contribution in [3.63, 3.8) is 0 Å². The van der Waals surface area contributed by atoms with E-state index in [9.17, 15) is 8.42 Å². The molecule has 1 atom stereocenters. The van der Waals surface area contributed by atoms with E-state index in [0.717, 1.165) is 6.42 Å². The molecule has 1 aliphatic heterocycles. The molecule has 0 amide bonds. The Kier molecular flexibility index (Phi) is 3.58. The molecular formula is C10H20N4O2S. The van der Waals surface area contributed by atoms with Gasteiger partial charge in [-0.15, -0.1) is 0 Å². The number of nitrogens with two attached hydrogens (primary N) is 1. The van der Waals surface area contributed by atoms with Crippen LogP contribution in [-0.2, 0) is 10.0 Å². The van der Waals surface area contributed by atoms with Gasteiger partial charge in [-0.3, -0.25) is 4.99 Å². The summed E-state index contributed by atoms with van der Waals surface area (Å²) in [6.07, 6.45) is 4.46. The van der Waals surface area contributed by atoms with Crippen LogP contribution in [0.4, 0.5) is 0 Å². The number of hydrogen-bond acceptors (Lipinski definition) is 3. The normalized spacial score (nSPS) is 27.4. The van der Waals surface area contributed by atoms with Crippen LogP contribution in [0.5, 0.6) is 0 Å². The summed E-state index contributed by atoms with van der Waals surface area (Å²) in [6.45, 7) is 1.78. The average Bonchev–Trinajstić information content (AvgIpc) is 2.90. The zero-order valence-corrected chi connectivity index (χ0v) is 10.9. The molecule has 0 aromatic rings. The second-order valence-electron chi connectivity index (χ2n) is 4.92. The number of sulfonamides is 1. The van der Waals surface area contributed by atoms with Crippen molar-refractivity contribution in [3.8, 4) is 0 Å². The summed E-state index contributed by atoms with van der Waals surface area (Å²) >= 11 is 0. The Balaban J connectivity index is 1.77. The summed E-state index contributed by atoms with van der Waals surface area (Å²) in [6, 6.07) is 0.509. The Morgan fingerprint density at radius 2 is 2.18 bits per heavy atom. The van der Waals surface area contributed by atoms with Gasteiger partial charge in [-0.2, -0.15) is 0 Å². The number of hydrogen-bond donors (Lipinski definition) is 2. The van der Waals surface area contributed by atoms with Crippen LogP contribution in [0.3, 0.4) is 0 Å². The minimum atomic E-state index is -3.05. The van der Waals surface area contributed by atoms with E-state index in [1.54, 1.807) is 0 Å². The molecule has 1 aliphatic carbocycles. The monoisotopic (exact) mass is 260 g/mol. The van der Waals surface area contributed by atoms with Gasteiger partial charge in [0, 0.05) is 25.7 Å². The van der Waals surface area contributed by atoms with Gasteiger partial charge in [0.1, 0.15) is 0 Å². The Morgan fingerprint density at radius 1 is 1.47 bits per heavy atom. The fourth-order valence-electron chi connectivity index (χ4n) is 1.96. The molecule has 98 valence electrons. The molecule has 0 aromatic heterocycles. The minimum absolute atomic E-state index is 0.296. The molecule has 1 heterocycles. The number of nitrogens with one attached hydrogen (secondary N) is 1. The third-order valence-electron chi connectivity index (χ3n) is 3.17. The first-order chi connectivity index (χ1) is 7.95. The van der Waals surface area contributed by atoms with Crippen LogP contribution in [0, 0.1) is 5.92 Å². The lowest BCUT2D eigenvalue weighted by atomic mass is 10.1. The molecule has 0 bridgehead atoms. The third-order valence-corrected chi connectivity index (χ3v) is 4.44. The van der Waals surface area contributed by atoms with Crippen molar-refractivity contribution in [2.45, 2.75) is 25.3 Å². The standard InChI is InChI=1S/C10H20N4O2S/c1-17(15,16)14-5-4-8(7-14)6-12-10(11)13-9-2-3-9/h8-9H,2-7H2,1H3,(H3,11,12,13). The van der Waals surface area contributed by atoms with Crippen LogP contribution in [0.15, 0.2) is 4.99 Å². The van der Waals surface area contributed by atoms with Crippen LogP contribution >= 0.6 is 0 Å². The highest BCUT2D eigenvalue weighted by Crippen LogP contribution is 2.20. The van der Waals surface area contributed by atoms with E-state index in [2.05, 4.69) is 10.3 Å².